The number of thioether (sulfide) groups is 1. The molecule has 0 N–H and O–H groups in total. The molecule has 2 aromatic rings. The van der Waals surface area contributed by atoms with E-state index < -0.39 is 0 Å². The van der Waals surface area contributed by atoms with E-state index >= 15 is 0 Å². The quantitative estimate of drug-likeness (QED) is 0.648. The van der Waals surface area contributed by atoms with Crippen molar-refractivity contribution >= 4 is 65.0 Å². The van der Waals surface area contributed by atoms with Crippen LogP contribution in [0.2, 0.25) is 0 Å². The maximum atomic E-state index is 3.57. The molecule has 1 aromatic heterocycles. The first-order valence-corrected chi connectivity index (χ1v) is 7.26. The monoisotopic (exact) mass is 336 g/mol. The van der Waals surface area contributed by atoms with E-state index in [1.54, 1.807) is 23.1 Å². The van der Waals surface area contributed by atoms with Crippen molar-refractivity contribution in [3.63, 3.8) is 0 Å². The van der Waals surface area contributed by atoms with Crippen LogP contribution in [0, 0.1) is 0 Å². The second-order valence-electron chi connectivity index (χ2n) is 2.57. The van der Waals surface area contributed by atoms with E-state index in [9.17, 15) is 0 Å². The average Bonchev–Trinajstić information content (AvgIpc) is 2.46. The fraction of sp³-hybridized carbons (Fsp3) is 0.111. The number of rotatable bonds is 1. The Morgan fingerprint density at radius 3 is 2.69 bits per heavy atom. The lowest BCUT2D eigenvalue weighted by atomic mass is 10.3. The fourth-order valence-electron chi connectivity index (χ4n) is 1.16. The lowest BCUT2D eigenvalue weighted by molar-refractivity contribution is 1.51. The van der Waals surface area contributed by atoms with Crippen LogP contribution in [0.25, 0.3) is 10.1 Å². The maximum Gasteiger partial charge on any atom is 0.0711 e. The smallest absolute Gasteiger partial charge is 0.0711 e. The van der Waals surface area contributed by atoms with E-state index in [-0.39, 0.29) is 0 Å². The minimum Gasteiger partial charge on any atom is -0.130 e. The van der Waals surface area contributed by atoms with Crippen LogP contribution in [-0.2, 0) is 0 Å². The third-order valence-electron chi connectivity index (χ3n) is 1.77. The Morgan fingerprint density at radius 1 is 1.23 bits per heavy atom. The number of thiophene rings is 1. The predicted molar refractivity (Wildman–Crippen MR) is 69.0 cm³/mol. The maximum absolute atomic E-state index is 3.57. The van der Waals surface area contributed by atoms with Gasteiger partial charge in [0.15, 0.2) is 0 Å². The van der Waals surface area contributed by atoms with Gasteiger partial charge >= 0.3 is 0 Å². The summed E-state index contributed by atoms with van der Waals surface area (Å²) < 4.78 is 3.68. The summed E-state index contributed by atoms with van der Waals surface area (Å²) in [4.78, 5) is 1.30. The van der Waals surface area contributed by atoms with Gasteiger partial charge < -0.3 is 0 Å². The summed E-state index contributed by atoms with van der Waals surface area (Å²) in [5, 5.41) is 1.29. The highest BCUT2D eigenvalue weighted by atomic mass is 79.9. The van der Waals surface area contributed by atoms with E-state index in [2.05, 4.69) is 56.3 Å². The van der Waals surface area contributed by atoms with Crippen LogP contribution < -0.4 is 0 Å². The lowest BCUT2D eigenvalue weighted by Gasteiger charge is -1.98. The molecular formula is C9H6Br2S2. The summed E-state index contributed by atoms with van der Waals surface area (Å²) in [5.41, 5.74) is 0. The van der Waals surface area contributed by atoms with Gasteiger partial charge in [-0.15, -0.1) is 23.1 Å². The summed E-state index contributed by atoms with van der Waals surface area (Å²) >= 11 is 10.6. The van der Waals surface area contributed by atoms with Crippen molar-refractivity contribution in [2.24, 2.45) is 0 Å². The SMILES string of the molecule is CSc1cc(Br)c2cc(Br)sc2c1. The molecule has 0 aliphatic carbocycles. The third kappa shape index (κ3) is 1.96. The van der Waals surface area contributed by atoms with E-state index in [0.29, 0.717) is 0 Å². The number of hydrogen-bond donors (Lipinski definition) is 0. The molecule has 0 atom stereocenters. The highest BCUT2D eigenvalue weighted by Gasteiger charge is 2.04. The van der Waals surface area contributed by atoms with Crippen molar-refractivity contribution in [2.75, 3.05) is 6.26 Å². The summed E-state index contributed by atoms with van der Waals surface area (Å²) in [6, 6.07) is 6.53. The van der Waals surface area contributed by atoms with E-state index in [0.717, 1.165) is 0 Å². The van der Waals surface area contributed by atoms with Gasteiger partial charge in [-0.05, 0) is 40.4 Å². The van der Waals surface area contributed by atoms with E-state index in [1.165, 1.54) is 23.2 Å². The molecule has 0 amide bonds. The van der Waals surface area contributed by atoms with Crippen molar-refractivity contribution in [2.45, 2.75) is 4.90 Å². The molecule has 1 aromatic carbocycles. The molecule has 0 bridgehead atoms. The fourth-order valence-corrected chi connectivity index (χ4v) is 4.17. The van der Waals surface area contributed by atoms with Gasteiger partial charge in [-0.25, -0.2) is 0 Å². The van der Waals surface area contributed by atoms with Crippen molar-refractivity contribution in [3.05, 3.63) is 26.5 Å². The van der Waals surface area contributed by atoms with Gasteiger partial charge in [0.1, 0.15) is 0 Å². The normalized spacial score (nSPS) is 11.0. The van der Waals surface area contributed by atoms with Gasteiger partial charge in [-0.1, -0.05) is 15.9 Å². The summed E-state index contributed by atoms with van der Waals surface area (Å²) in [6.45, 7) is 0. The van der Waals surface area contributed by atoms with Crippen molar-refractivity contribution < 1.29 is 0 Å². The first kappa shape index (κ1) is 10.0. The molecule has 0 saturated carbocycles. The van der Waals surface area contributed by atoms with Gasteiger partial charge in [0.25, 0.3) is 0 Å². The van der Waals surface area contributed by atoms with E-state index in [4.69, 9.17) is 0 Å². The lowest BCUT2D eigenvalue weighted by Crippen LogP contribution is -1.71. The molecule has 13 heavy (non-hydrogen) atoms. The zero-order valence-corrected chi connectivity index (χ0v) is 11.6. The molecule has 1 heterocycles. The van der Waals surface area contributed by atoms with Crippen LogP contribution in [0.4, 0.5) is 0 Å². The Labute approximate surface area is 102 Å². The predicted octanol–water partition coefficient (Wildman–Crippen LogP) is 5.15. The minimum absolute atomic E-state index is 1.18. The molecular weight excluding hydrogens is 332 g/mol. The molecule has 0 saturated heterocycles. The zero-order chi connectivity index (χ0) is 9.42. The molecule has 0 nitrogen and oxygen atoms in total. The summed E-state index contributed by atoms with van der Waals surface area (Å²) in [5.74, 6) is 0. The van der Waals surface area contributed by atoms with Gasteiger partial charge in [-0.3, -0.25) is 0 Å². The molecule has 0 spiro atoms. The molecule has 4 heteroatoms. The molecule has 0 radical (unpaired) electrons. The number of halogens is 2. The Morgan fingerprint density at radius 2 is 2.00 bits per heavy atom. The van der Waals surface area contributed by atoms with Crippen molar-refractivity contribution in [3.8, 4) is 0 Å². The second kappa shape index (κ2) is 3.93. The molecule has 0 unspecified atom stereocenters. The average molecular weight is 338 g/mol. The van der Waals surface area contributed by atoms with E-state index in [1.807, 2.05) is 0 Å². The highest BCUT2D eigenvalue weighted by Crippen LogP contribution is 2.37. The zero-order valence-electron chi connectivity index (χ0n) is 6.80. The minimum atomic E-state index is 1.18. The molecule has 68 valence electrons. The van der Waals surface area contributed by atoms with Crippen LogP contribution in [0.1, 0.15) is 0 Å². The Hall–Kier alpha value is 0.490. The first-order chi connectivity index (χ1) is 6.20. The highest BCUT2D eigenvalue weighted by molar-refractivity contribution is 9.11. The largest absolute Gasteiger partial charge is 0.130 e. The summed E-state index contributed by atoms with van der Waals surface area (Å²) in [6.07, 6.45) is 2.09. The first-order valence-electron chi connectivity index (χ1n) is 3.63. The molecule has 2 rings (SSSR count). The second-order valence-corrected chi connectivity index (χ2v) is 6.77. The molecule has 0 aliphatic heterocycles. The third-order valence-corrected chi connectivity index (χ3v) is 4.71. The van der Waals surface area contributed by atoms with Gasteiger partial charge in [0.2, 0.25) is 0 Å². The van der Waals surface area contributed by atoms with Crippen molar-refractivity contribution in [1.29, 1.82) is 0 Å². The Kier molecular flexibility index (Phi) is 3.03. The molecule has 0 aliphatic rings. The molecule has 0 fully saturated rings. The van der Waals surface area contributed by atoms with Crippen LogP contribution in [0.15, 0.2) is 31.4 Å². The van der Waals surface area contributed by atoms with Crippen molar-refractivity contribution in [1.82, 2.24) is 0 Å². The van der Waals surface area contributed by atoms with Gasteiger partial charge in [0, 0.05) is 19.5 Å². The number of benzene rings is 1. The topological polar surface area (TPSA) is 0 Å². The van der Waals surface area contributed by atoms with Crippen LogP contribution in [-0.4, -0.2) is 6.26 Å². The summed E-state index contributed by atoms with van der Waals surface area (Å²) in [7, 11) is 0. The van der Waals surface area contributed by atoms with Crippen LogP contribution in [0.3, 0.4) is 0 Å². The Bertz CT molecular complexity index is 448. The number of fused-ring (bicyclic) bond motifs is 1. The van der Waals surface area contributed by atoms with Gasteiger partial charge in [-0.2, -0.15) is 0 Å². The van der Waals surface area contributed by atoms with Gasteiger partial charge in [0.05, 0.1) is 3.79 Å². The van der Waals surface area contributed by atoms with Crippen LogP contribution >= 0.6 is 55.0 Å². The van der Waals surface area contributed by atoms with Crippen LogP contribution in [0.5, 0.6) is 0 Å². The number of hydrogen-bond acceptors (Lipinski definition) is 2. The standard InChI is InChI=1S/C9H6Br2S2/c1-12-5-2-7(10)6-4-9(11)13-8(6)3-5/h2-4H,1H3. The Balaban J connectivity index is 2.75.